The van der Waals surface area contributed by atoms with Crippen LogP contribution >= 0.6 is 11.3 Å². The Bertz CT molecular complexity index is 536. The maximum absolute atomic E-state index is 13.0. The monoisotopic (exact) mass is 296 g/mol. The van der Waals surface area contributed by atoms with E-state index in [0.29, 0.717) is 17.8 Å². The third kappa shape index (κ3) is 1.90. The molecule has 0 aromatic carbocycles. The number of sulfone groups is 1. The van der Waals surface area contributed by atoms with Crippen LogP contribution in [0.3, 0.4) is 0 Å². The summed E-state index contributed by atoms with van der Waals surface area (Å²) < 4.78 is 25.6. The van der Waals surface area contributed by atoms with Gasteiger partial charge in [-0.3, -0.25) is 0 Å². The molecule has 1 aromatic heterocycles. The molecule has 4 aliphatic carbocycles. The summed E-state index contributed by atoms with van der Waals surface area (Å²) in [5.74, 6) is 2.36. The molecule has 0 saturated heterocycles. The van der Waals surface area contributed by atoms with Crippen LogP contribution in [0.5, 0.6) is 0 Å². The zero-order chi connectivity index (χ0) is 13.1. The molecule has 4 bridgehead atoms. The van der Waals surface area contributed by atoms with Crippen LogP contribution in [0.2, 0.25) is 0 Å². The Labute approximate surface area is 119 Å². The summed E-state index contributed by atoms with van der Waals surface area (Å²) in [6.07, 6.45) is 6.75. The Hall–Kier alpha value is -0.350. The second-order valence-electron chi connectivity index (χ2n) is 6.99. The van der Waals surface area contributed by atoms with Gasteiger partial charge in [0.15, 0.2) is 9.84 Å². The Morgan fingerprint density at radius 2 is 1.68 bits per heavy atom. The predicted molar refractivity (Wildman–Crippen MR) is 77.8 cm³/mol. The van der Waals surface area contributed by atoms with Gasteiger partial charge in [0.25, 0.3) is 0 Å². The Balaban J connectivity index is 1.67. The smallest absolute Gasteiger partial charge is 0.160 e. The maximum atomic E-state index is 13.0. The highest BCUT2D eigenvalue weighted by Crippen LogP contribution is 2.59. The highest BCUT2D eigenvalue weighted by molar-refractivity contribution is 7.92. The van der Waals surface area contributed by atoms with Gasteiger partial charge in [-0.15, -0.1) is 0 Å². The zero-order valence-electron chi connectivity index (χ0n) is 11.0. The molecule has 5 rings (SSSR count). The summed E-state index contributed by atoms with van der Waals surface area (Å²) in [6, 6.07) is 1.96. The molecule has 1 heterocycles. The van der Waals surface area contributed by atoms with Crippen molar-refractivity contribution in [3.8, 4) is 0 Å². The van der Waals surface area contributed by atoms with E-state index in [1.165, 1.54) is 19.3 Å². The third-order valence-electron chi connectivity index (χ3n) is 5.58. The Kier molecular flexibility index (Phi) is 2.66. The fourth-order valence-electron chi connectivity index (χ4n) is 5.16. The molecule has 4 fully saturated rings. The second-order valence-corrected chi connectivity index (χ2v) is 10.2. The van der Waals surface area contributed by atoms with Gasteiger partial charge in [-0.2, -0.15) is 11.3 Å². The Morgan fingerprint density at radius 1 is 1.11 bits per heavy atom. The van der Waals surface area contributed by atoms with E-state index in [4.69, 9.17) is 0 Å². The molecule has 4 aliphatic rings. The standard InChI is InChI=1S/C15H20O2S2/c16-19(17,10-11-1-2-18-9-11)15-6-12-3-13(7-15)5-14(4-12)8-15/h1-2,9,12-14H,3-8,10H2. The number of rotatable bonds is 3. The molecular weight excluding hydrogens is 276 g/mol. The molecule has 2 nitrogen and oxygen atoms in total. The first kappa shape index (κ1) is 12.4. The molecular formula is C15H20O2S2. The van der Waals surface area contributed by atoms with Crippen molar-refractivity contribution >= 4 is 21.2 Å². The van der Waals surface area contributed by atoms with E-state index in [2.05, 4.69) is 0 Å². The van der Waals surface area contributed by atoms with Gasteiger partial charge in [0.2, 0.25) is 0 Å². The lowest BCUT2D eigenvalue weighted by Gasteiger charge is -2.55. The van der Waals surface area contributed by atoms with Crippen molar-refractivity contribution in [2.24, 2.45) is 17.8 Å². The van der Waals surface area contributed by atoms with E-state index in [9.17, 15) is 8.42 Å². The van der Waals surface area contributed by atoms with Crippen molar-refractivity contribution in [3.63, 3.8) is 0 Å². The molecule has 0 aliphatic heterocycles. The highest BCUT2D eigenvalue weighted by Gasteiger charge is 2.57. The van der Waals surface area contributed by atoms with Crippen LogP contribution in [0.25, 0.3) is 0 Å². The summed E-state index contributed by atoms with van der Waals surface area (Å²) in [7, 11) is -3.00. The quantitative estimate of drug-likeness (QED) is 0.853. The van der Waals surface area contributed by atoms with Gasteiger partial charge in [0.1, 0.15) is 0 Å². The minimum atomic E-state index is -3.00. The van der Waals surface area contributed by atoms with Gasteiger partial charge in [-0.25, -0.2) is 8.42 Å². The van der Waals surface area contributed by atoms with Crippen LogP contribution in [0, 0.1) is 17.8 Å². The minimum absolute atomic E-state index is 0.267. The zero-order valence-corrected chi connectivity index (χ0v) is 12.7. The summed E-state index contributed by atoms with van der Waals surface area (Å²) in [5, 5.41) is 3.96. The summed E-state index contributed by atoms with van der Waals surface area (Å²) in [5.41, 5.74) is 0.987. The van der Waals surface area contributed by atoms with Gasteiger partial charge in [0.05, 0.1) is 10.5 Å². The van der Waals surface area contributed by atoms with E-state index < -0.39 is 9.84 Å². The number of hydrogen-bond acceptors (Lipinski definition) is 3. The minimum Gasteiger partial charge on any atom is -0.228 e. The summed E-state index contributed by atoms with van der Waals surface area (Å²) in [6.45, 7) is 0. The van der Waals surface area contributed by atoms with Crippen LogP contribution in [0.4, 0.5) is 0 Å². The molecule has 1 aromatic rings. The van der Waals surface area contributed by atoms with Gasteiger partial charge in [-0.1, -0.05) is 0 Å². The number of thiophene rings is 1. The molecule has 4 heteroatoms. The maximum Gasteiger partial charge on any atom is 0.160 e. The van der Waals surface area contributed by atoms with Crippen LogP contribution < -0.4 is 0 Å². The first-order valence-corrected chi connectivity index (χ1v) is 9.89. The number of hydrogen-bond donors (Lipinski definition) is 0. The van der Waals surface area contributed by atoms with E-state index >= 15 is 0 Å². The lowest BCUT2D eigenvalue weighted by molar-refractivity contribution is 0.0338. The molecule has 0 unspecified atom stereocenters. The predicted octanol–water partition coefficient (Wildman–Crippen LogP) is 3.63. The van der Waals surface area contributed by atoms with Gasteiger partial charge in [-0.05, 0) is 78.7 Å². The summed E-state index contributed by atoms with van der Waals surface area (Å²) in [4.78, 5) is 0. The van der Waals surface area contributed by atoms with Gasteiger partial charge < -0.3 is 0 Å². The fourth-order valence-corrected chi connectivity index (χ4v) is 8.33. The third-order valence-corrected chi connectivity index (χ3v) is 8.84. The van der Waals surface area contributed by atoms with E-state index in [0.717, 1.165) is 24.8 Å². The van der Waals surface area contributed by atoms with Crippen molar-refractivity contribution in [1.82, 2.24) is 0 Å². The molecule has 4 saturated carbocycles. The lowest BCUT2D eigenvalue weighted by Crippen LogP contribution is -2.55. The van der Waals surface area contributed by atoms with E-state index in [1.807, 2.05) is 16.8 Å². The molecule has 0 atom stereocenters. The van der Waals surface area contributed by atoms with Crippen molar-refractivity contribution < 1.29 is 8.42 Å². The highest BCUT2D eigenvalue weighted by atomic mass is 32.2. The van der Waals surface area contributed by atoms with Crippen LogP contribution in [0.15, 0.2) is 16.8 Å². The molecule has 0 spiro atoms. The van der Waals surface area contributed by atoms with Crippen molar-refractivity contribution in [1.29, 1.82) is 0 Å². The molecule has 0 radical (unpaired) electrons. The first-order valence-electron chi connectivity index (χ1n) is 7.30. The van der Waals surface area contributed by atoms with Gasteiger partial charge >= 0.3 is 0 Å². The van der Waals surface area contributed by atoms with Gasteiger partial charge in [0, 0.05) is 0 Å². The topological polar surface area (TPSA) is 34.1 Å². The van der Waals surface area contributed by atoms with Crippen molar-refractivity contribution in [2.45, 2.75) is 49.0 Å². The normalized spacial score (nSPS) is 40.7. The second kappa shape index (κ2) is 4.08. The largest absolute Gasteiger partial charge is 0.228 e. The molecule has 19 heavy (non-hydrogen) atoms. The van der Waals surface area contributed by atoms with E-state index in [1.54, 1.807) is 11.3 Å². The van der Waals surface area contributed by atoms with Crippen molar-refractivity contribution in [3.05, 3.63) is 22.4 Å². The van der Waals surface area contributed by atoms with Crippen LogP contribution in [-0.4, -0.2) is 13.2 Å². The Morgan fingerprint density at radius 3 is 2.16 bits per heavy atom. The lowest BCUT2D eigenvalue weighted by atomic mass is 9.56. The first-order chi connectivity index (χ1) is 9.06. The molecule has 104 valence electrons. The van der Waals surface area contributed by atoms with Crippen molar-refractivity contribution in [2.75, 3.05) is 0 Å². The SMILES string of the molecule is O=S(=O)(Cc1ccsc1)C12CC3CC(CC(C3)C1)C2. The molecule has 0 amide bonds. The fraction of sp³-hybridized carbons (Fsp3) is 0.733. The van der Waals surface area contributed by atoms with E-state index in [-0.39, 0.29) is 10.5 Å². The molecule has 0 N–H and O–H groups in total. The summed E-state index contributed by atoms with van der Waals surface area (Å²) >= 11 is 1.59. The average Bonchev–Trinajstić information content (AvgIpc) is 2.78. The average molecular weight is 296 g/mol. The van der Waals surface area contributed by atoms with Crippen LogP contribution in [0.1, 0.15) is 44.1 Å². The van der Waals surface area contributed by atoms with Crippen LogP contribution in [-0.2, 0) is 15.6 Å².